The fourth-order valence-electron chi connectivity index (χ4n) is 5.23. The van der Waals surface area contributed by atoms with Crippen LogP contribution in [0.25, 0.3) is 16.7 Å². The molecule has 0 bridgehead atoms. The zero-order valence-electron chi connectivity index (χ0n) is 20.2. The standard InChI is InChI=1S/C25H35ClN6O/c1-15-12-18(26)13-16(2)23(15)32-24-21(22(28-4)25(32)29-5)19(14-20(27-3)30-24)31-9-6-17(7-10-31)8-11-33/h12-14,17,28-29,33H,6-11H2,1-5H3,(H,27,30). The minimum atomic E-state index is 0.270. The van der Waals surface area contributed by atoms with Gasteiger partial charge in [-0.25, -0.2) is 4.98 Å². The summed E-state index contributed by atoms with van der Waals surface area (Å²) in [7, 11) is 5.82. The molecule has 2 aromatic heterocycles. The zero-order chi connectivity index (χ0) is 23.7. The number of pyridine rings is 1. The normalized spacial score (nSPS) is 14.7. The Morgan fingerprint density at radius 2 is 1.70 bits per heavy atom. The molecule has 1 aromatic carbocycles. The van der Waals surface area contributed by atoms with Crippen molar-refractivity contribution in [3.05, 3.63) is 34.3 Å². The first-order valence-corrected chi connectivity index (χ1v) is 12.1. The van der Waals surface area contributed by atoms with E-state index in [0.717, 1.165) is 82.5 Å². The second-order valence-corrected chi connectivity index (χ2v) is 9.30. The van der Waals surface area contributed by atoms with Crippen LogP contribution in [0.1, 0.15) is 30.4 Å². The zero-order valence-corrected chi connectivity index (χ0v) is 21.0. The van der Waals surface area contributed by atoms with Crippen LogP contribution in [-0.4, -0.2) is 55.5 Å². The lowest BCUT2D eigenvalue weighted by atomic mass is 9.93. The molecule has 0 unspecified atom stereocenters. The van der Waals surface area contributed by atoms with E-state index in [1.54, 1.807) is 0 Å². The van der Waals surface area contributed by atoms with Crippen molar-refractivity contribution >= 4 is 45.6 Å². The summed E-state index contributed by atoms with van der Waals surface area (Å²) in [6.07, 6.45) is 3.06. The van der Waals surface area contributed by atoms with Crippen LogP contribution in [0.5, 0.6) is 0 Å². The van der Waals surface area contributed by atoms with Crippen LogP contribution >= 0.6 is 11.6 Å². The first-order valence-electron chi connectivity index (χ1n) is 11.7. The number of fused-ring (bicyclic) bond motifs is 1. The van der Waals surface area contributed by atoms with Gasteiger partial charge in [-0.05, 0) is 62.3 Å². The number of anilines is 4. The van der Waals surface area contributed by atoms with Crippen molar-refractivity contribution in [3.8, 4) is 5.69 Å². The highest BCUT2D eigenvalue weighted by Gasteiger charge is 2.27. The lowest BCUT2D eigenvalue weighted by Crippen LogP contribution is -2.34. The van der Waals surface area contributed by atoms with E-state index in [1.165, 1.54) is 5.69 Å². The van der Waals surface area contributed by atoms with E-state index in [-0.39, 0.29) is 6.61 Å². The van der Waals surface area contributed by atoms with Crippen molar-refractivity contribution in [1.82, 2.24) is 9.55 Å². The number of hydrogen-bond acceptors (Lipinski definition) is 6. The first-order chi connectivity index (χ1) is 15.9. The molecule has 4 N–H and O–H groups in total. The van der Waals surface area contributed by atoms with Crippen molar-refractivity contribution in [1.29, 1.82) is 0 Å². The van der Waals surface area contributed by atoms with Crippen LogP contribution in [0.15, 0.2) is 18.2 Å². The Morgan fingerprint density at radius 3 is 2.24 bits per heavy atom. The highest BCUT2D eigenvalue weighted by Crippen LogP contribution is 2.44. The van der Waals surface area contributed by atoms with Gasteiger partial charge in [0.15, 0.2) is 5.65 Å². The number of aliphatic hydroxyl groups excluding tert-OH is 1. The van der Waals surface area contributed by atoms with E-state index in [1.807, 2.05) is 33.3 Å². The minimum Gasteiger partial charge on any atom is -0.396 e. The van der Waals surface area contributed by atoms with Gasteiger partial charge in [0, 0.05) is 51.9 Å². The van der Waals surface area contributed by atoms with Gasteiger partial charge in [0.1, 0.15) is 11.6 Å². The number of rotatable bonds is 7. The molecule has 0 amide bonds. The summed E-state index contributed by atoms with van der Waals surface area (Å²) in [6.45, 7) is 6.39. The molecule has 178 valence electrons. The Hall–Kier alpha value is -2.64. The molecule has 0 atom stereocenters. The average molecular weight is 471 g/mol. The van der Waals surface area contributed by atoms with Crippen LogP contribution in [0, 0.1) is 19.8 Å². The molecule has 3 aromatic rings. The fourth-order valence-corrected chi connectivity index (χ4v) is 5.56. The lowest BCUT2D eigenvalue weighted by Gasteiger charge is -2.34. The molecule has 0 spiro atoms. The largest absolute Gasteiger partial charge is 0.396 e. The summed E-state index contributed by atoms with van der Waals surface area (Å²) in [5.74, 6) is 2.40. The van der Waals surface area contributed by atoms with Gasteiger partial charge < -0.3 is 26.0 Å². The van der Waals surface area contributed by atoms with Crippen LogP contribution in [0.4, 0.5) is 23.0 Å². The Labute approximate surface area is 201 Å². The molecule has 1 fully saturated rings. The number of benzene rings is 1. The van der Waals surface area contributed by atoms with Gasteiger partial charge in [0.05, 0.1) is 22.4 Å². The van der Waals surface area contributed by atoms with Gasteiger partial charge in [-0.2, -0.15) is 0 Å². The molecule has 1 saturated heterocycles. The molecular formula is C25H35ClN6O. The number of nitrogens with one attached hydrogen (secondary N) is 3. The summed E-state index contributed by atoms with van der Waals surface area (Å²) in [5.41, 5.74) is 6.39. The third-order valence-corrected chi connectivity index (χ3v) is 7.03. The maximum atomic E-state index is 9.35. The van der Waals surface area contributed by atoms with E-state index < -0.39 is 0 Å². The molecule has 3 heterocycles. The van der Waals surface area contributed by atoms with Crippen molar-refractivity contribution in [2.45, 2.75) is 33.1 Å². The van der Waals surface area contributed by atoms with Gasteiger partial charge in [0.2, 0.25) is 0 Å². The number of piperidine rings is 1. The van der Waals surface area contributed by atoms with Crippen LogP contribution in [0.3, 0.4) is 0 Å². The molecule has 33 heavy (non-hydrogen) atoms. The second kappa shape index (κ2) is 9.69. The molecule has 0 aliphatic carbocycles. The number of aromatic nitrogens is 2. The van der Waals surface area contributed by atoms with E-state index in [0.29, 0.717) is 5.92 Å². The van der Waals surface area contributed by atoms with Crippen LogP contribution in [0.2, 0.25) is 5.02 Å². The summed E-state index contributed by atoms with van der Waals surface area (Å²) in [4.78, 5) is 7.49. The van der Waals surface area contributed by atoms with Gasteiger partial charge in [-0.15, -0.1) is 0 Å². The van der Waals surface area contributed by atoms with E-state index in [9.17, 15) is 5.11 Å². The van der Waals surface area contributed by atoms with Crippen molar-refractivity contribution in [2.75, 3.05) is 61.7 Å². The Morgan fingerprint density at radius 1 is 1.03 bits per heavy atom. The Kier molecular flexibility index (Phi) is 6.91. The predicted octanol–water partition coefficient (Wildman–Crippen LogP) is 5.02. The number of aliphatic hydroxyl groups is 1. The first kappa shape index (κ1) is 23.5. The maximum absolute atomic E-state index is 9.35. The number of aryl methyl sites for hydroxylation is 2. The third kappa shape index (κ3) is 4.20. The van der Waals surface area contributed by atoms with E-state index >= 15 is 0 Å². The molecule has 1 aliphatic heterocycles. The number of nitrogens with zero attached hydrogens (tertiary/aromatic N) is 3. The summed E-state index contributed by atoms with van der Waals surface area (Å²) in [5, 5.41) is 21.3. The monoisotopic (exact) mass is 470 g/mol. The highest BCUT2D eigenvalue weighted by molar-refractivity contribution is 6.30. The number of halogens is 1. The summed E-state index contributed by atoms with van der Waals surface area (Å²) < 4.78 is 2.21. The van der Waals surface area contributed by atoms with Gasteiger partial charge >= 0.3 is 0 Å². The van der Waals surface area contributed by atoms with Crippen LogP contribution in [-0.2, 0) is 0 Å². The molecule has 0 saturated carbocycles. The van der Waals surface area contributed by atoms with E-state index in [4.69, 9.17) is 16.6 Å². The van der Waals surface area contributed by atoms with Gasteiger partial charge in [0.25, 0.3) is 0 Å². The smallest absolute Gasteiger partial charge is 0.152 e. The molecule has 8 heteroatoms. The molecule has 7 nitrogen and oxygen atoms in total. The Bertz CT molecular complexity index is 1130. The topological polar surface area (TPSA) is 77.4 Å². The molecule has 0 radical (unpaired) electrons. The maximum Gasteiger partial charge on any atom is 0.152 e. The minimum absolute atomic E-state index is 0.270. The molecule has 1 aliphatic rings. The van der Waals surface area contributed by atoms with Crippen molar-refractivity contribution < 1.29 is 5.11 Å². The average Bonchev–Trinajstić information content (AvgIpc) is 3.11. The summed E-state index contributed by atoms with van der Waals surface area (Å²) >= 11 is 6.36. The fraction of sp³-hybridized carbons (Fsp3) is 0.480. The molecular weight excluding hydrogens is 436 g/mol. The lowest BCUT2D eigenvalue weighted by molar-refractivity contribution is 0.240. The highest BCUT2D eigenvalue weighted by atomic mass is 35.5. The second-order valence-electron chi connectivity index (χ2n) is 8.87. The third-order valence-electron chi connectivity index (χ3n) is 6.82. The summed E-state index contributed by atoms with van der Waals surface area (Å²) in [6, 6.07) is 6.16. The SMILES string of the molecule is CNc1cc(N2CCC(CCO)CC2)c2c(NC)c(NC)n(-c3c(C)cc(Cl)cc3C)c2n1. The van der Waals surface area contributed by atoms with Gasteiger partial charge in [-0.3, -0.25) is 4.57 Å². The quantitative estimate of drug-likeness (QED) is 0.388. The van der Waals surface area contributed by atoms with Crippen molar-refractivity contribution in [2.24, 2.45) is 5.92 Å². The van der Waals surface area contributed by atoms with Crippen molar-refractivity contribution in [3.63, 3.8) is 0 Å². The predicted molar refractivity (Wildman–Crippen MR) is 141 cm³/mol. The van der Waals surface area contributed by atoms with Crippen LogP contribution < -0.4 is 20.9 Å². The number of hydrogen-bond donors (Lipinski definition) is 4. The Balaban J connectivity index is 1.97. The van der Waals surface area contributed by atoms with E-state index in [2.05, 4.69) is 45.3 Å². The van der Waals surface area contributed by atoms with Gasteiger partial charge in [-0.1, -0.05) is 11.6 Å². The molecule has 4 rings (SSSR count).